The Bertz CT molecular complexity index is 3080. The average molecular weight is 775 g/mol. The fourth-order valence-electron chi connectivity index (χ4n) is 8.52. The number of anilines is 3. The molecular weight excluding hydrogens is 733 g/mol. The van der Waals surface area contributed by atoms with Gasteiger partial charge in [-0.25, -0.2) is 9.97 Å². The van der Waals surface area contributed by atoms with Crippen LogP contribution in [0.1, 0.15) is 37.7 Å². The fourth-order valence-corrected chi connectivity index (χ4v) is 8.52. The van der Waals surface area contributed by atoms with E-state index in [0.717, 1.165) is 72.5 Å². The highest BCUT2D eigenvalue weighted by molar-refractivity contribution is 6.11. The highest BCUT2D eigenvalue weighted by atomic mass is 15.2. The first-order valence-corrected chi connectivity index (χ1v) is 20.3. The molecule has 4 heterocycles. The number of aromatic nitrogens is 5. The van der Waals surface area contributed by atoms with Crippen LogP contribution in [0.2, 0.25) is 0 Å². The van der Waals surface area contributed by atoms with E-state index in [1.165, 1.54) is 11.1 Å². The molecule has 0 fully saturated rings. The van der Waals surface area contributed by atoms with Crippen molar-refractivity contribution in [1.29, 1.82) is 0 Å². The van der Waals surface area contributed by atoms with Gasteiger partial charge >= 0.3 is 0 Å². The van der Waals surface area contributed by atoms with Gasteiger partial charge < -0.3 is 0 Å². The van der Waals surface area contributed by atoms with Crippen LogP contribution in [0, 0.1) is 0 Å². The van der Waals surface area contributed by atoms with Gasteiger partial charge in [0.1, 0.15) is 5.82 Å². The minimum atomic E-state index is -0.368. The van der Waals surface area contributed by atoms with Crippen LogP contribution in [-0.4, -0.2) is 24.5 Å². The Morgan fingerprint density at radius 1 is 0.550 bits per heavy atom. The largest absolute Gasteiger partial charge is 0.294 e. The number of rotatable bonds is 8. The van der Waals surface area contributed by atoms with E-state index in [1.54, 1.807) is 6.08 Å². The van der Waals surface area contributed by atoms with Gasteiger partial charge in [-0.1, -0.05) is 172 Å². The minimum Gasteiger partial charge on any atom is -0.294 e. The van der Waals surface area contributed by atoms with E-state index in [1.807, 2.05) is 61.5 Å². The molecule has 60 heavy (non-hydrogen) atoms. The van der Waals surface area contributed by atoms with Crippen LogP contribution in [-0.2, 0) is 5.41 Å². The summed E-state index contributed by atoms with van der Waals surface area (Å²) in [6.07, 6.45) is 7.63. The molecule has 0 saturated heterocycles. The second-order valence-electron chi connectivity index (χ2n) is 15.7. The molecule has 10 rings (SSSR count). The third-order valence-corrected chi connectivity index (χ3v) is 11.5. The van der Waals surface area contributed by atoms with Crippen LogP contribution in [0.5, 0.6) is 0 Å². The molecule has 0 aliphatic carbocycles. The topological polar surface area (TPSA) is 59.7 Å². The quantitative estimate of drug-likeness (QED) is 0.144. The second kappa shape index (κ2) is 14.9. The van der Waals surface area contributed by atoms with Gasteiger partial charge in [0.2, 0.25) is 5.95 Å². The third kappa shape index (κ3) is 6.30. The van der Waals surface area contributed by atoms with Crippen molar-refractivity contribution in [3.63, 3.8) is 0 Å². The van der Waals surface area contributed by atoms with Gasteiger partial charge in [-0.05, 0) is 71.1 Å². The van der Waals surface area contributed by atoms with Crippen molar-refractivity contribution in [3.05, 3.63) is 212 Å². The zero-order valence-corrected chi connectivity index (χ0v) is 33.8. The first-order valence-electron chi connectivity index (χ1n) is 20.3. The summed E-state index contributed by atoms with van der Waals surface area (Å²) < 4.78 is 2.21. The maximum absolute atomic E-state index is 5.46. The Kier molecular flexibility index (Phi) is 9.10. The molecule has 0 spiro atoms. The summed E-state index contributed by atoms with van der Waals surface area (Å²) in [6, 6.07) is 57.6. The Labute approximate surface area is 350 Å². The number of fused-ring (bicyclic) bond motifs is 5. The van der Waals surface area contributed by atoms with Crippen molar-refractivity contribution in [2.75, 3.05) is 4.90 Å². The van der Waals surface area contributed by atoms with Gasteiger partial charge in [0.25, 0.3) is 0 Å². The number of allylic oxidation sites excluding steroid dienone is 5. The molecule has 3 aromatic heterocycles. The van der Waals surface area contributed by atoms with E-state index in [4.69, 9.17) is 19.9 Å². The number of para-hydroxylation sites is 2. The maximum Gasteiger partial charge on any atom is 0.238 e. The predicted octanol–water partition coefficient (Wildman–Crippen LogP) is 13.6. The van der Waals surface area contributed by atoms with E-state index in [9.17, 15) is 0 Å². The Morgan fingerprint density at radius 2 is 1.22 bits per heavy atom. The molecule has 6 nitrogen and oxygen atoms in total. The van der Waals surface area contributed by atoms with Crippen molar-refractivity contribution in [3.8, 4) is 39.7 Å². The molecule has 288 valence electrons. The van der Waals surface area contributed by atoms with Gasteiger partial charge in [0.05, 0.1) is 28.1 Å². The van der Waals surface area contributed by atoms with E-state index >= 15 is 0 Å². The monoisotopic (exact) mass is 774 g/mol. The molecule has 0 radical (unpaired) electrons. The summed E-state index contributed by atoms with van der Waals surface area (Å²) in [6.45, 7) is 10.5. The lowest BCUT2D eigenvalue weighted by molar-refractivity contribution is 0.632. The summed E-state index contributed by atoms with van der Waals surface area (Å²) in [5.74, 6) is 2.63. The van der Waals surface area contributed by atoms with E-state index in [-0.39, 0.29) is 5.41 Å². The summed E-state index contributed by atoms with van der Waals surface area (Å²) in [7, 11) is 0. The summed E-state index contributed by atoms with van der Waals surface area (Å²) in [5.41, 5.74) is 12.3. The van der Waals surface area contributed by atoms with Gasteiger partial charge in [-0.3, -0.25) is 9.47 Å². The Hall–Kier alpha value is -7.70. The van der Waals surface area contributed by atoms with Crippen LogP contribution >= 0.6 is 0 Å². The van der Waals surface area contributed by atoms with Crippen molar-refractivity contribution >= 4 is 44.6 Å². The van der Waals surface area contributed by atoms with E-state index in [2.05, 4.69) is 157 Å². The Balaban J connectivity index is 1.26. The van der Waals surface area contributed by atoms with Gasteiger partial charge in [-0.15, -0.1) is 0 Å². The van der Waals surface area contributed by atoms with Gasteiger partial charge in [0.15, 0.2) is 11.6 Å². The van der Waals surface area contributed by atoms with Crippen LogP contribution in [0.15, 0.2) is 195 Å². The molecule has 0 N–H and O–H groups in total. The smallest absolute Gasteiger partial charge is 0.238 e. The van der Waals surface area contributed by atoms with Crippen LogP contribution in [0.4, 0.5) is 17.2 Å². The zero-order valence-electron chi connectivity index (χ0n) is 33.8. The standard InChI is InChI=1S/C54H42N6/c1-5-6-10-21-36(2)51-56-52(39-26-15-9-16-27-39)58-53(57-51)60-46-30-19-17-28-41(46)42-34-49-44(35-48(42)60)54(3,4)43-29-18-20-31-47(43)59(49)50-33-40(37-22-11-7-12-23-37)32-45(55-50)38-24-13-8-14-25-38/h5-35H,1H2,2-4H3/b10-6-,36-21+. The second-order valence-corrected chi connectivity index (χ2v) is 15.7. The number of hydrogen-bond acceptors (Lipinski definition) is 5. The first-order chi connectivity index (χ1) is 29.4. The van der Waals surface area contributed by atoms with E-state index in [0.29, 0.717) is 17.6 Å². The summed E-state index contributed by atoms with van der Waals surface area (Å²) in [5, 5.41) is 2.20. The SMILES string of the molecule is C=C/C=C\C=C(/C)c1nc(-c2ccccc2)nc(-n2c3ccccc3c3cc4c(cc32)C(C)(C)c2ccccc2N4c2cc(-c3ccccc3)cc(-c3ccccc3)n2)n1. The molecule has 6 aromatic carbocycles. The number of hydrogen-bond donors (Lipinski definition) is 0. The van der Waals surface area contributed by atoms with Gasteiger partial charge in [0, 0.05) is 27.3 Å². The number of nitrogens with zero attached hydrogens (tertiary/aromatic N) is 6. The Morgan fingerprint density at radius 3 is 1.97 bits per heavy atom. The molecule has 1 aliphatic rings. The zero-order chi connectivity index (χ0) is 40.8. The highest BCUT2D eigenvalue weighted by Gasteiger charge is 2.38. The number of pyridine rings is 1. The van der Waals surface area contributed by atoms with Crippen molar-refractivity contribution in [2.45, 2.75) is 26.2 Å². The first kappa shape index (κ1) is 36.6. The lowest BCUT2D eigenvalue weighted by Crippen LogP contribution is -2.31. The minimum absolute atomic E-state index is 0.368. The highest BCUT2D eigenvalue weighted by Crippen LogP contribution is 2.54. The third-order valence-electron chi connectivity index (χ3n) is 11.5. The number of benzene rings is 6. The predicted molar refractivity (Wildman–Crippen MR) is 248 cm³/mol. The van der Waals surface area contributed by atoms with E-state index < -0.39 is 0 Å². The summed E-state index contributed by atoms with van der Waals surface area (Å²) in [4.78, 5) is 23.2. The molecular formula is C54H42N6. The van der Waals surface area contributed by atoms with Crippen LogP contribution < -0.4 is 4.90 Å². The molecule has 0 unspecified atom stereocenters. The molecule has 0 bridgehead atoms. The van der Waals surface area contributed by atoms with Crippen molar-refractivity contribution in [2.24, 2.45) is 0 Å². The van der Waals surface area contributed by atoms with Crippen LogP contribution in [0.3, 0.4) is 0 Å². The molecule has 0 atom stereocenters. The molecule has 0 amide bonds. The average Bonchev–Trinajstić information content (AvgIpc) is 3.63. The summed E-state index contributed by atoms with van der Waals surface area (Å²) >= 11 is 0. The van der Waals surface area contributed by atoms with Crippen LogP contribution in [0.25, 0.3) is 67.1 Å². The molecule has 6 heteroatoms. The maximum atomic E-state index is 5.46. The fraction of sp³-hybridized carbons (Fsp3) is 0.0741. The molecule has 0 saturated carbocycles. The van der Waals surface area contributed by atoms with Gasteiger partial charge in [-0.2, -0.15) is 9.97 Å². The molecule has 1 aliphatic heterocycles. The normalized spacial score (nSPS) is 13.4. The lowest BCUT2D eigenvalue weighted by atomic mass is 9.73. The lowest BCUT2D eigenvalue weighted by Gasteiger charge is -2.41. The van der Waals surface area contributed by atoms with Crippen molar-refractivity contribution < 1.29 is 0 Å². The molecule has 9 aromatic rings. The van der Waals surface area contributed by atoms with Crippen molar-refractivity contribution in [1.82, 2.24) is 24.5 Å².